The van der Waals surface area contributed by atoms with Crippen molar-refractivity contribution in [1.29, 1.82) is 0 Å². The van der Waals surface area contributed by atoms with Gasteiger partial charge in [0.15, 0.2) is 5.69 Å². The Hall–Kier alpha value is -1.92. The van der Waals surface area contributed by atoms with Crippen LogP contribution in [0.25, 0.3) is 0 Å². The van der Waals surface area contributed by atoms with Crippen molar-refractivity contribution < 1.29 is 14.7 Å². The van der Waals surface area contributed by atoms with Crippen LogP contribution < -0.4 is 5.32 Å². The summed E-state index contributed by atoms with van der Waals surface area (Å²) in [5.41, 5.74) is 0.0462. The van der Waals surface area contributed by atoms with Crippen molar-refractivity contribution in [2.75, 3.05) is 0 Å². The molecule has 1 rings (SSSR count). The molecule has 0 aliphatic heterocycles. The third-order valence-electron chi connectivity index (χ3n) is 3.42. The topological polar surface area (TPSA) is 97.1 Å². The Morgan fingerprint density at radius 1 is 1.40 bits per heavy atom. The predicted molar refractivity (Wildman–Crippen MR) is 73.6 cm³/mol. The van der Waals surface area contributed by atoms with Gasteiger partial charge in [-0.1, -0.05) is 19.1 Å². The lowest BCUT2D eigenvalue weighted by molar-refractivity contribution is -0.125. The van der Waals surface area contributed by atoms with Gasteiger partial charge in [0.25, 0.3) is 0 Å². The number of carboxylic acids is 1. The highest BCUT2D eigenvalue weighted by Gasteiger charge is 2.27. The van der Waals surface area contributed by atoms with Gasteiger partial charge in [0, 0.05) is 5.54 Å². The van der Waals surface area contributed by atoms with Crippen LogP contribution in [0.5, 0.6) is 0 Å². The second-order valence-electron chi connectivity index (χ2n) is 5.39. The maximum Gasteiger partial charge on any atom is 0.358 e. The Morgan fingerprint density at radius 2 is 2.00 bits per heavy atom. The minimum atomic E-state index is -1.13. The number of aromatic nitrogens is 3. The Labute approximate surface area is 118 Å². The predicted octanol–water partition coefficient (Wildman–Crippen LogP) is 1.40. The van der Waals surface area contributed by atoms with E-state index in [0.29, 0.717) is 12.1 Å². The number of nitrogens with one attached hydrogen (secondary N) is 1. The lowest BCUT2D eigenvalue weighted by Gasteiger charge is -2.26. The van der Waals surface area contributed by atoms with E-state index >= 15 is 0 Å². The van der Waals surface area contributed by atoms with E-state index in [1.165, 1.54) is 4.68 Å². The minimum Gasteiger partial charge on any atom is -0.476 e. The van der Waals surface area contributed by atoms with Crippen LogP contribution >= 0.6 is 0 Å². The number of aromatic carboxylic acids is 1. The number of hydrogen-bond acceptors (Lipinski definition) is 4. The molecule has 1 atom stereocenters. The molecule has 1 heterocycles. The largest absolute Gasteiger partial charge is 0.476 e. The van der Waals surface area contributed by atoms with Crippen LogP contribution in [0.15, 0.2) is 0 Å². The molecular formula is C13H22N4O3. The van der Waals surface area contributed by atoms with Gasteiger partial charge in [-0.3, -0.25) is 4.79 Å². The zero-order valence-electron chi connectivity index (χ0n) is 12.6. The molecule has 20 heavy (non-hydrogen) atoms. The molecule has 0 radical (unpaired) electrons. The van der Waals surface area contributed by atoms with Gasteiger partial charge in [-0.15, -0.1) is 5.10 Å². The third-order valence-corrected chi connectivity index (χ3v) is 3.42. The van der Waals surface area contributed by atoms with Crippen LogP contribution in [0.2, 0.25) is 0 Å². The molecule has 0 saturated carbocycles. The smallest absolute Gasteiger partial charge is 0.358 e. The van der Waals surface area contributed by atoms with E-state index in [-0.39, 0.29) is 17.1 Å². The lowest BCUT2D eigenvalue weighted by Crippen LogP contribution is -2.45. The highest BCUT2D eigenvalue weighted by atomic mass is 16.4. The number of rotatable bonds is 6. The molecule has 0 saturated heterocycles. The number of amides is 1. The fourth-order valence-electron chi connectivity index (χ4n) is 1.76. The lowest BCUT2D eigenvalue weighted by atomic mass is 10.0. The molecule has 1 unspecified atom stereocenters. The van der Waals surface area contributed by atoms with Crippen LogP contribution in [0.4, 0.5) is 0 Å². The molecule has 112 valence electrons. The average Bonchev–Trinajstić information content (AvgIpc) is 2.80. The van der Waals surface area contributed by atoms with E-state index in [4.69, 9.17) is 5.11 Å². The first-order valence-electron chi connectivity index (χ1n) is 6.72. The van der Waals surface area contributed by atoms with E-state index in [1.807, 2.05) is 27.7 Å². The van der Waals surface area contributed by atoms with Crippen LogP contribution in [0, 0.1) is 0 Å². The zero-order valence-corrected chi connectivity index (χ0v) is 12.6. The van der Waals surface area contributed by atoms with Crippen molar-refractivity contribution in [2.24, 2.45) is 0 Å². The van der Waals surface area contributed by atoms with E-state index in [1.54, 1.807) is 6.92 Å². The van der Waals surface area contributed by atoms with Crippen LogP contribution in [-0.2, 0) is 11.2 Å². The summed E-state index contributed by atoms with van der Waals surface area (Å²) in [6.07, 6.45) is 1.24. The number of hydrogen-bond donors (Lipinski definition) is 2. The summed E-state index contributed by atoms with van der Waals surface area (Å²) in [5, 5.41) is 19.4. The summed E-state index contributed by atoms with van der Waals surface area (Å²) in [4.78, 5) is 23.3. The Bertz CT molecular complexity index is 508. The molecule has 0 spiro atoms. The molecule has 7 heteroatoms. The van der Waals surface area contributed by atoms with Crippen LogP contribution in [-0.4, -0.2) is 37.5 Å². The van der Waals surface area contributed by atoms with Crippen molar-refractivity contribution in [3.8, 4) is 0 Å². The Kier molecular flexibility index (Phi) is 4.86. The van der Waals surface area contributed by atoms with Crippen molar-refractivity contribution in [3.05, 3.63) is 11.4 Å². The fourth-order valence-corrected chi connectivity index (χ4v) is 1.76. The molecule has 1 aromatic heterocycles. The molecule has 7 nitrogen and oxygen atoms in total. The highest BCUT2D eigenvalue weighted by molar-refractivity contribution is 5.87. The first-order chi connectivity index (χ1) is 9.23. The van der Waals surface area contributed by atoms with Gasteiger partial charge in [0.1, 0.15) is 6.04 Å². The summed E-state index contributed by atoms with van der Waals surface area (Å²) in [6.45, 7) is 9.34. The van der Waals surface area contributed by atoms with Crippen LogP contribution in [0.3, 0.4) is 0 Å². The summed E-state index contributed by atoms with van der Waals surface area (Å²) < 4.78 is 1.38. The first-order valence-corrected chi connectivity index (χ1v) is 6.72. The van der Waals surface area contributed by atoms with E-state index in [2.05, 4.69) is 15.6 Å². The molecule has 0 aliphatic carbocycles. The van der Waals surface area contributed by atoms with Crippen molar-refractivity contribution >= 4 is 11.9 Å². The molecule has 0 fully saturated rings. The summed E-state index contributed by atoms with van der Waals surface area (Å²) in [6, 6.07) is -0.601. The molecule has 0 aromatic carbocycles. The fraction of sp³-hybridized carbons (Fsp3) is 0.692. The van der Waals surface area contributed by atoms with Gasteiger partial charge >= 0.3 is 5.97 Å². The maximum absolute atomic E-state index is 12.2. The zero-order chi connectivity index (χ0) is 15.5. The number of carboxylic acid groups (broad SMARTS) is 1. The quantitative estimate of drug-likeness (QED) is 0.822. The molecule has 2 N–H and O–H groups in total. The second-order valence-corrected chi connectivity index (χ2v) is 5.39. The van der Waals surface area contributed by atoms with Gasteiger partial charge in [-0.25, -0.2) is 9.48 Å². The van der Waals surface area contributed by atoms with Gasteiger partial charge in [-0.2, -0.15) is 0 Å². The molecule has 0 bridgehead atoms. The van der Waals surface area contributed by atoms with E-state index in [0.717, 1.165) is 6.42 Å². The van der Waals surface area contributed by atoms with Crippen molar-refractivity contribution in [1.82, 2.24) is 20.3 Å². The summed E-state index contributed by atoms with van der Waals surface area (Å²) >= 11 is 0. The van der Waals surface area contributed by atoms with Crippen molar-refractivity contribution in [2.45, 2.75) is 59.0 Å². The van der Waals surface area contributed by atoms with Gasteiger partial charge in [0.2, 0.25) is 5.91 Å². The highest BCUT2D eigenvalue weighted by Crippen LogP contribution is 2.15. The SMILES string of the molecule is CCc1c(C(=O)O)nnn1C(C)C(=O)NC(C)(C)CC. The Morgan fingerprint density at radius 3 is 2.45 bits per heavy atom. The van der Waals surface area contributed by atoms with Gasteiger partial charge < -0.3 is 10.4 Å². The standard InChI is InChI=1S/C13H22N4O3/c1-6-9-10(12(19)20)15-16-17(9)8(3)11(18)14-13(4,5)7-2/h8H,6-7H2,1-5H3,(H,14,18)(H,19,20). The van der Waals surface area contributed by atoms with Gasteiger partial charge in [0.05, 0.1) is 5.69 Å². The minimum absolute atomic E-state index is 0.0955. The van der Waals surface area contributed by atoms with E-state index < -0.39 is 12.0 Å². The van der Waals surface area contributed by atoms with Crippen molar-refractivity contribution in [3.63, 3.8) is 0 Å². The summed E-state index contributed by atoms with van der Waals surface area (Å²) in [7, 11) is 0. The van der Waals surface area contributed by atoms with Crippen LogP contribution in [0.1, 0.15) is 63.3 Å². The van der Waals surface area contributed by atoms with E-state index in [9.17, 15) is 9.59 Å². The molecule has 1 amide bonds. The normalized spacial score (nSPS) is 13.1. The second kappa shape index (κ2) is 6.02. The first kappa shape index (κ1) is 16.1. The number of nitrogens with zero attached hydrogens (tertiary/aromatic N) is 3. The molecule has 0 aliphatic rings. The third kappa shape index (κ3) is 3.34. The molecule has 1 aromatic rings. The van der Waals surface area contributed by atoms with Gasteiger partial charge in [-0.05, 0) is 33.6 Å². The summed E-state index contributed by atoms with van der Waals surface area (Å²) in [5.74, 6) is -1.33. The Balaban J connectivity index is 3.00. The monoisotopic (exact) mass is 282 g/mol. The average molecular weight is 282 g/mol. The molecular weight excluding hydrogens is 260 g/mol. The number of carbonyl (C=O) groups is 2. The number of carbonyl (C=O) groups excluding carboxylic acids is 1. The maximum atomic E-state index is 12.2.